The topological polar surface area (TPSA) is 42.4 Å². The number of benzene rings is 2. The molecule has 1 saturated carbocycles. The molecule has 0 atom stereocenters. The van der Waals surface area contributed by atoms with Crippen LogP contribution >= 0.6 is 0 Å². The van der Waals surface area contributed by atoms with Gasteiger partial charge < -0.3 is 9.64 Å². The summed E-state index contributed by atoms with van der Waals surface area (Å²) in [5.74, 6) is -0.590. The van der Waals surface area contributed by atoms with Crippen molar-refractivity contribution in [3.05, 3.63) is 71.7 Å². The maximum absolute atomic E-state index is 13.6. The van der Waals surface area contributed by atoms with Crippen LogP contribution in [-0.2, 0) is 11.3 Å². The summed E-state index contributed by atoms with van der Waals surface area (Å²) in [6.07, 6.45) is 4.04. The fourth-order valence-corrected chi connectivity index (χ4v) is 4.39. The second-order valence-electron chi connectivity index (χ2n) is 10.6. The Balaban J connectivity index is 1.58. The molecule has 168 valence electrons. The number of rotatable bonds is 5. The van der Waals surface area contributed by atoms with Gasteiger partial charge in [0.1, 0.15) is 11.4 Å². The molecule has 4 rings (SSSR count). The first-order valence-corrected chi connectivity index (χ1v) is 11.1. The molecule has 3 aromatic rings. The Morgan fingerprint density at radius 1 is 1.12 bits per heavy atom. The van der Waals surface area contributed by atoms with Gasteiger partial charge in [0.15, 0.2) is 0 Å². The summed E-state index contributed by atoms with van der Waals surface area (Å²) >= 11 is 0. The van der Waals surface area contributed by atoms with E-state index in [1.54, 1.807) is 6.07 Å². The minimum Gasteiger partial charge on any atom is -0.456 e. The number of hydrogen-bond acceptors (Lipinski definition) is 4. The van der Waals surface area contributed by atoms with Gasteiger partial charge in [0.05, 0.1) is 23.0 Å². The zero-order chi connectivity index (χ0) is 23.1. The van der Waals surface area contributed by atoms with E-state index in [4.69, 9.17) is 4.74 Å². The smallest absolute Gasteiger partial charge is 0.338 e. The second kappa shape index (κ2) is 8.19. The lowest BCUT2D eigenvalue weighted by molar-refractivity contribution is 0.00695. The van der Waals surface area contributed by atoms with Gasteiger partial charge >= 0.3 is 5.97 Å². The van der Waals surface area contributed by atoms with Gasteiger partial charge in [-0.3, -0.25) is 4.98 Å². The number of aromatic nitrogens is 1. The van der Waals surface area contributed by atoms with Gasteiger partial charge in [-0.05, 0) is 74.9 Å². The quantitative estimate of drug-likeness (QED) is 0.429. The van der Waals surface area contributed by atoms with Crippen molar-refractivity contribution in [3.63, 3.8) is 0 Å². The van der Waals surface area contributed by atoms with Gasteiger partial charge in [0, 0.05) is 24.0 Å². The summed E-state index contributed by atoms with van der Waals surface area (Å²) < 4.78 is 19.0. The van der Waals surface area contributed by atoms with Crippen LogP contribution < -0.4 is 4.90 Å². The van der Waals surface area contributed by atoms with E-state index in [1.807, 2.05) is 51.2 Å². The van der Waals surface area contributed by atoms with Gasteiger partial charge in [-0.25, -0.2) is 9.18 Å². The number of hydrogen-bond donors (Lipinski definition) is 0. The number of pyridine rings is 1. The third-order valence-corrected chi connectivity index (χ3v) is 5.92. The molecule has 0 unspecified atom stereocenters. The number of ether oxygens (including phenoxy) is 1. The van der Waals surface area contributed by atoms with Crippen molar-refractivity contribution in [2.75, 3.05) is 4.90 Å². The van der Waals surface area contributed by atoms with Crippen LogP contribution in [0.2, 0.25) is 0 Å². The third-order valence-electron chi connectivity index (χ3n) is 5.92. The van der Waals surface area contributed by atoms with E-state index in [1.165, 1.54) is 12.1 Å². The van der Waals surface area contributed by atoms with Crippen LogP contribution in [0.5, 0.6) is 0 Å². The molecule has 4 nitrogen and oxygen atoms in total. The average Bonchev–Trinajstić information content (AvgIpc) is 2.69. The standard InChI is InChI=1S/C27H31FN2O2/c1-26(2,3)32-25(31)19-8-6-18(7-9-19)17-30(23-14-27(4,5)15-23)22-12-20-10-11-21(28)13-24(20)29-16-22/h6-13,16,23H,14-15,17H2,1-5H3. The number of esters is 1. The summed E-state index contributed by atoms with van der Waals surface area (Å²) in [6.45, 7) is 10.9. The molecule has 0 bridgehead atoms. The van der Waals surface area contributed by atoms with E-state index in [2.05, 4.69) is 29.8 Å². The third kappa shape index (κ3) is 5.09. The minimum atomic E-state index is -0.518. The lowest BCUT2D eigenvalue weighted by Gasteiger charge is -2.49. The van der Waals surface area contributed by atoms with Gasteiger partial charge in [0.2, 0.25) is 0 Å². The van der Waals surface area contributed by atoms with E-state index in [-0.39, 0.29) is 11.8 Å². The van der Waals surface area contributed by atoms with Crippen LogP contribution in [0.25, 0.3) is 10.9 Å². The SMILES string of the molecule is CC1(C)CC(N(Cc2ccc(C(=O)OC(C)(C)C)cc2)c2cnc3cc(F)ccc3c2)C1. The number of carbonyl (C=O) groups is 1. The summed E-state index contributed by atoms with van der Waals surface area (Å²) in [7, 11) is 0. The maximum atomic E-state index is 13.6. The van der Waals surface area contributed by atoms with Crippen LogP contribution in [0, 0.1) is 11.2 Å². The Morgan fingerprint density at radius 2 is 1.81 bits per heavy atom. The molecule has 1 aliphatic rings. The van der Waals surface area contributed by atoms with Gasteiger partial charge in [-0.2, -0.15) is 0 Å². The second-order valence-corrected chi connectivity index (χ2v) is 10.6. The van der Waals surface area contributed by atoms with Crippen molar-refractivity contribution < 1.29 is 13.9 Å². The monoisotopic (exact) mass is 434 g/mol. The zero-order valence-corrected chi connectivity index (χ0v) is 19.5. The van der Waals surface area contributed by atoms with E-state index in [0.717, 1.165) is 29.5 Å². The Kier molecular flexibility index (Phi) is 5.70. The highest BCUT2D eigenvalue weighted by molar-refractivity contribution is 5.89. The molecular weight excluding hydrogens is 403 g/mol. The van der Waals surface area contributed by atoms with Gasteiger partial charge in [-0.15, -0.1) is 0 Å². The first-order chi connectivity index (χ1) is 15.0. The molecular formula is C27H31FN2O2. The molecule has 0 spiro atoms. The maximum Gasteiger partial charge on any atom is 0.338 e. The molecule has 1 aliphatic carbocycles. The molecule has 5 heteroatoms. The first kappa shape index (κ1) is 22.3. The molecule has 2 aromatic carbocycles. The number of carbonyl (C=O) groups excluding carboxylic acids is 1. The fraction of sp³-hybridized carbons (Fsp3) is 0.407. The van der Waals surface area contributed by atoms with E-state index < -0.39 is 5.60 Å². The largest absolute Gasteiger partial charge is 0.456 e. The van der Waals surface area contributed by atoms with E-state index >= 15 is 0 Å². The van der Waals surface area contributed by atoms with Crippen molar-refractivity contribution in [2.45, 2.75) is 65.6 Å². The lowest BCUT2D eigenvalue weighted by Crippen LogP contribution is -2.48. The molecule has 0 N–H and O–H groups in total. The molecule has 1 aromatic heterocycles. The molecule has 0 aliphatic heterocycles. The number of halogens is 1. The zero-order valence-electron chi connectivity index (χ0n) is 19.5. The average molecular weight is 435 g/mol. The molecule has 0 saturated heterocycles. The molecule has 0 amide bonds. The Hall–Kier alpha value is -2.95. The van der Waals surface area contributed by atoms with Gasteiger partial charge in [0.25, 0.3) is 0 Å². The summed E-state index contributed by atoms with van der Waals surface area (Å²) in [5, 5.41) is 0.924. The van der Waals surface area contributed by atoms with Crippen LogP contribution in [0.3, 0.4) is 0 Å². The Bertz CT molecular complexity index is 1120. The van der Waals surface area contributed by atoms with Crippen LogP contribution in [-0.4, -0.2) is 22.6 Å². The lowest BCUT2D eigenvalue weighted by atomic mass is 9.67. The number of anilines is 1. The Morgan fingerprint density at radius 3 is 2.44 bits per heavy atom. The highest BCUT2D eigenvalue weighted by atomic mass is 19.1. The highest BCUT2D eigenvalue weighted by Crippen LogP contribution is 2.44. The van der Waals surface area contributed by atoms with Crippen LogP contribution in [0.1, 0.15) is 63.4 Å². The van der Waals surface area contributed by atoms with E-state index in [9.17, 15) is 9.18 Å². The Labute approximate surface area is 189 Å². The van der Waals surface area contributed by atoms with Crippen LogP contribution in [0.15, 0.2) is 54.7 Å². The van der Waals surface area contributed by atoms with Crippen molar-refractivity contribution >= 4 is 22.6 Å². The fourth-order valence-electron chi connectivity index (χ4n) is 4.39. The molecule has 1 heterocycles. The first-order valence-electron chi connectivity index (χ1n) is 11.1. The number of nitrogens with zero attached hydrogens (tertiary/aromatic N) is 2. The molecule has 1 fully saturated rings. The number of fused-ring (bicyclic) bond motifs is 1. The van der Waals surface area contributed by atoms with Crippen molar-refractivity contribution in [3.8, 4) is 0 Å². The van der Waals surface area contributed by atoms with E-state index in [0.29, 0.717) is 29.1 Å². The summed E-state index contributed by atoms with van der Waals surface area (Å²) in [6, 6.07) is 14.8. The van der Waals surface area contributed by atoms with Crippen molar-refractivity contribution in [2.24, 2.45) is 5.41 Å². The highest BCUT2D eigenvalue weighted by Gasteiger charge is 2.39. The predicted molar refractivity (Wildman–Crippen MR) is 126 cm³/mol. The van der Waals surface area contributed by atoms with Crippen molar-refractivity contribution in [1.82, 2.24) is 4.98 Å². The molecule has 0 radical (unpaired) electrons. The van der Waals surface area contributed by atoms with Gasteiger partial charge in [-0.1, -0.05) is 26.0 Å². The van der Waals surface area contributed by atoms with Crippen LogP contribution in [0.4, 0.5) is 10.1 Å². The summed E-state index contributed by atoms with van der Waals surface area (Å²) in [4.78, 5) is 19.2. The predicted octanol–water partition coefficient (Wildman–Crippen LogP) is 6.52. The van der Waals surface area contributed by atoms with Crippen molar-refractivity contribution in [1.29, 1.82) is 0 Å². The normalized spacial score (nSPS) is 15.9. The minimum absolute atomic E-state index is 0.277. The summed E-state index contributed by atoms with van der Waals surface area (Å²) in [5.41, 5.74) is 3.16. The molecule has 32 heavy (non-hydrogen) atoms.